The van der Waals surface area contributed by atoms with E-state index < -0.39 is 0 Å². The molecule has 1 N–H and O–H groups in total. The Kier molecular flexibility index (Phi) is 4.68. The van der Waals surface area contributed by atoms with Crippen molar-refractivity contribution in [2.45, 2.75) is 19.9 Å². The van der Waals surface area contributed by atoms with E-state index in [1.807, 2.05) is 30.9 Å². The quantitative estimate of drug-likeness (QED) is 0.697. The third kappa shape index (κ3) is 3.34. The molecule has 1 aliphatic rings. The fourth-order valence-electron chi connectivity index (χ4n) is 3.06. The van der Waals surface area contributed by atoms with E-state index in [-0.39, 0.29) is 12.1 Å². The summed E-state index contributed by atoms with van der Waals surface area (Å²) in [6, 6.07) is 5.97. The number of anilines is 2. The van der Waals surface area contributed by atoms with Crippen molar-refractivity contribution in [1.29, 1.82) is 0 Å². The first-order valence-corrected chi connectivity index (χ1v) is 10.1. The molecule has 0 saturated carbocycles. The van der Waals surface area contributed by atoms with Crippen LogP contribution in [0.5, 0.6) is 0 Å². The number of nitrogens with zero attached hydrogens (tertiary/aromatic N) is 5. The molecule has 2 amide bonds. The number of thiazole rings is 1. The van der Waals surface area contributed by atoms with Gasteiger partial charge >= 0.3 is 6.03 Å². The van der Waals surface area contributed by atoms with Gasteiger partial charge in [-0.2, -0.15) is 8.75 Å². The maximum Gasteiger partial charge on any atom is 0.324 e. The van der Waals surface area contributed by atoms with Crippen LogP contribution in [0.15, 0.2) is 18.2 Å². The lowest BCUT2D eigenvalue weighted by molar-refractivity contribution is 0.184. The number of halogens is 1. The lowest BCUT2D eigenvalue weighted by atomic mass is 10.2. The Hall–Kier alpha value is -1.97. The van der Waals surface area contributed by atoms with Crippen LogP contribution in [-0.4, -0.2) is 50.3 Å². The molecule has 1 atom stereocenters. The van der Waals surface area contributed by atoms with Gasteiger partial charge in [0.25, 0.3) is 0 Å². The van der Waals surface area contributed by atoms with Gasteiger partial charge in [0.15, 0.2) is 16.1 Å². The highest BCUT2D eigenvalue weighted by Crippen LogP contribution is 2.28. The van der Waals surface area contributed by atoms with Crippen molar-refractivity contribution >= 4 is 61.9 Å². The van der Waals surface area contributed by atoms with Crippen LogP contribution in [0.3, 0.4) is 0 Å². The number of hydrogen-bond acceptors (Lipinski definition) is 7. The maximum absolute atomic E-state index is 12.7. The van der Waals surface area contributed by atoms with Crippen LogP contribution in [0.1, 0.15) is 12.5 Å². The highest BCUT2D eigenvalue weighted by atomic mass is 35.5. The molecular formula is C16H17ClN6OS2. The van der Waals surface area contributed by atoms with Crippen molar-refractivity contribution < 1.29 is 4.79 Å². The third-order valence-corrected chi connectivity index (χ3v) is 6.18. The third-order valence-electron chi connectivity index (χ3n) is 4.38. The second-order valence-corrected chi connectivity index (χ2v) is 8.20. The first kappa shape index (κ1) is 17.4. The van der Waals surface area contributed by atoms with E-state index in [4.69, 9.17) is 11.6 Å². The average molecular weight is 409 g/mol. The fourth-order valence-corrected chi connectivity index (χ4v) is 4.79. The molecule has 3 heterocycles. The molecule has 0 aliphatic carbocycles. The van der Waals surface area contributed by atoms with Gasteiger partial charge in [0, 0.05) is 25.7 Å². The molecule has 136 valence electrons. The summed E-state index contributed by atoms with van der Waals surface area (Å²) in [6.07, 6.45) is 0. The number of carbonyl (C=O) groups excluding carboxylic acids is 1. The molecular weight excluding hydrogens is 392 g/mol. The molecule has 1 aromatic carbocycles. The van der Waals surface area contributed by atoms with E-state index in [0.717, 1.165) is 21.9 Å². The standard InChI is InChI=1S/C16H17ClN6OS2/c1-9-3-4-11-12(7-9)25-15(18-11)19-16(24)23-6-5-22(8-10(23)2)14-13(17)20-26-21-14/h3-4,7,10H,5-6,8H2,1-2H3,(H,18,19,24)/t10-/m1/s1. The number of urea groups is 1. The number of fused-ring (bicyclic) bond motifs is 1. The highest BCUT2D eigenvalue weighted by Gasteiger charge is 2.30. The fraction of sp³-hybridized carbons (Fsp3) is 0.375. The monoisotopic (exact) mass is 408 g/mol. The Labute approximate surface area is 163 Å². The van der Waals surface area contributed by atoms with Gasteiger partial charge in [-0.25, -0.2) is 9.78 Å². The van der Waals surface area contributed by atoms with Crippen LogP contribution < -0.4 is 10.2 Å². The van der Waals surface area contributed by atoms with Crippen LogP contribution in [0.2, 0.25) is 5.15 Å². The van der Waals surface area contributed by atoms with Gasteiger partial charge in [-0.1, -0.05) is 29.0 Å². The zero-order valence-corrected chi connectivity index (χ0v) is 16.7. The zero-order valence-electron chi connectivity index (χ0n) is 14.3. The molecule has 0 unspecified atom stereocenters. The summed E-state index contributed by atoms with van der Waals surface area (Å²) in [6.45, 7) is 5.98. The highest BCUT2D eigenvalue weighted by molar-refractivity contribution is 7.22. The first-order chi connectivity index (χ1) is 12.5. The molecule has 1 aliphatic heterocycles. The van der Waals surface area contributed by atoms with E-state index in [2.05, 4.69) is 30.0 Å². The SMILES string of the molecule is Cc1ccc2nc(NC(=O)N3CCN(c4nsnc4Cl)C[C@H]3C)sc2c1. The molecule has 1 saturated heterocycles. The molecule has 2 aromatic heterocycles. The minimum atomic E-state index is -0.129. The zero-order chi connectivity index (χ0) is 18.3. The number of piperazine rings is 1. The van der Waals surface area contributed by atoms with Gasteiger partial charge in [-0.3, -0.25) is 5.32 Å². The lowest BCUT2D eigenvalue weighted by Crippen LogP contribution is -2.55. The Morgan fingerprint density at radius 1 is 1.35 bits per heavy atom. The van der Waals surface area contributed by atoms with E-state index in [0.29, 0.717) is 35.7 Å². The average Bonchev–Trinajstić information content (AvgIpc) is 3.19. The van der Waals surface area contributed by atoms with Crippen molar-refractivity contribution in [2.24, 2.45) is 0 Å². The van der Waals surface area contributed by atoms with Crippen molar-refractivity contribution in [2.75, 3.05) is 29.9 Å². The number of amides is 2. The molecule has 7 nitrogen and oxygen atoms in total. The lowest BCUT2D eigenvalue weighted by Gasteiger charge is -2.39. The number of aromatic nitrogens is 3. The number of benzene rings is 1. The summed E-state index contributed by atoms with van der Waals surface area (Å²) in [5.74, 6) is 0.699. The molecule has 0 bridgehead atoms. The Morgan fingerprint density at radius 2 is 2.19 bits per heavy atom. The number of rotatable bonds is 2. The summed E-state index contributed by atoms with van der Waals surface area (Å²) < 4.78 is 9.32. The van der Waals surface area contributed by atoms with Gasteiger partial charge in [-0.15, -0.1) is 0 Å². The molecule has 1 fully saturated rings. The van der Waals surface area contributed by atoms with Crippen LogP contribution >= 0.6 is 34.7 Å². The maximum atomic E-state index is 12.7. The number of aryl methyl sites for hydroxylation is 1. The van der Waals surface area contributed by atoms with E-state index in [9.17, 15) is 4.79 Å². The Morgan fingerprint density at radius 3 is 2.92 bits per heavy atom. The van der Waals surface area contributed by atoms with Crippen molar-refractivity contribution in [3.05, 3.63) is 28.9 Å². The van der Waals surface area contributed by atoms with Gasteiger partial charge in [0.05, 0.1) is 21.9 Å². The molecule has 0 radical (unpaired) electrons. The number of carbonyl (C=O) groups is 1. The van der Waals surface area contributed by atoms with Gasteiger partial charge in [0.2, 0.25) is 0 Å². The van der Waals surface area contributed by atoms with Crippen molar-refractivity contribution in [3.63, 3.8) is 0 Å². The van der Waals surface area contributed by atoms with Gasteiger partial charge in [-0.05, 0) is 31.5 Å². The summed E-state index contributed by atoms with van der Waals surface area (Å²) in [5.41, 5.74) is 2.08. The second-order valence-electron chi connectivity index (χ2n) is 6.29. The second kappa shape index (κ2) is 6.98. The van der Waals surface area contributed by atoms with Gasteiger partial charge in [0.1, 0.15) is 0 Å². The molecule has 26 heavy (non-hydrogen) atoms. The molecule has 0 spiro atoms. The van der Waals surface area contributed by atoms with Crippen LogP contribution in [0, 0.1) is 6.92 Å². The van der Waals surface area contributed by atoms with Crippen molar-refractivity contribution in [3.8, 4) is 0 Å². The first-order valence-electron chi connectivity index (χ1n) is 8.19. The Balaban J connectivity index is 1.44. The molecule has 4 rings (SSSR count). The van der Waals surface area contributed by atoms with E-state index >= 15 is 0 Å². The van der Waals surface area contributed by atoms with Crippen molar-refractivity contribution in [1.82, 2.24) is 18.6 Å². The van der Waals surface area contributed by atoms with E-state index in [1.165, 1.54) is 16.9 Å². The van der Waals surface area contributed by atoms with Crippen LogP contribution in [0.25, 0.3) is 10.2 Å². The van der Waals surface area contributed by atoms with Crippen LogP contribution in [-0.2, 0) is 0 Å². The number of nitrogens with one attached hydrogen (secondary N) is 1. The molecule has 3 aromatic rings. The smallest absolute Gasteiger partial charge is 0.324 e. The minimum Gasteiger partial charge on any atom is -0.349 e. The topological polar surface area (TPSA) is 74.2 Å². The summed E-state index contributed by atoms with van der Waals surface area (Å²) in [5, 5.41) is 3.98. The predicted octanol–water partition coefficient (Wildman–Crippen LogP) is 3.85. The number of hydrogen-bond donors (Lipinski definition) is 1. The summed E-state index contributed by atoms with van der Waals surface area (Å²) in [7, 11) is 0. The normalized spacial score (nSPS) is 17.7. The largest absolute Gasteiger partial charge is 0.349 e. The Bertz CT molecular complexity index is 957. The summed E-state index contributed by atoms with van der Waals surface area (Å²) in [4.78, 5) is 21.1. The predicted molar refractivity (Wildman–Crippen MR) is 107 cm³/mol. The van der Waals surface area contributed by atoms with Gasteiger partial charge < -0.3 is 9.80 Å². The summed E-state index contributed by atoms with van der Waals surface area (Å²) >= 11 is 8.66. The van der Waals surface area contributed by atoms with E-state index in [1.54, 1.807) is 0 Å². The van der Waals surface area contributed by atoms with Crippen LogP contribution in [0.4, 0.5) is 15.7 Å². The molecule has 10 heteroatoms. The minimum absolute atomic E-state index is 0.0261.